The molecular formula is C29H39N3O4. The molecule has 7 heteroatoms. The van der Waals surface area contributed by atoms with Crippen molar-refractivity contribution >= 4 is 17.8 Å². The number of nitrogens with zero attached hydrogens (tertiary/aromatic N) is 2. The molecule has 1 spiro atoms. The highest BCUT2D eigenvalue weighted by Gasteiger charge is 2.53. The number of unbranched alkanes of at least 4 members (excludes halogenated alkanes) is 1. The number of nitrogens with one attached hydrogen (secondary N) is 1. The fraction of sp³-hybridized carbons (Fsp3) is 0.621. The van der Waals surface area contributed by atoms with Crippen LogP contribution >= 0.6 is 0 Å². The SMILES string of the molecule is CCCCN1C(=O)[C@H](CC2CCCCC2)NC(=O)C12CCN(Cc1ccc(C#CC(=O)O)cc1)CC2. The summed E-state index contributed by atoms with van der Waals surface area (Å²) in [6, 6.07) is 7.24. The number of piperazine rings is 1. The summed E-state index contributed by atoms with van der Waals surface area (Å²) in [7, 11) is 0. The van der Waals surface area contributed by atoms with E-state index in [0.29, 0.717) is 30.9 Å². The van der Waals surface area contributed by atoms with Crippen molar-refractivity contribution in [2.24, 2.45) is 5.92 Å². The predicted molar refractivity (Wildman–Crippen MR) is 138 cm³/mol. The summed E-state index contributed by atoms with van der Waals surface area (Å²) in [5.41, 5.74) is 1.05. The summed E-state index contributed by atoms with van der Waals surface area (Å²) in [4.78, 5) is 42.2. The molecule has 2 amide bonds. The standard InChI is InChI=1S/C29H39N3O4/c1-2-3-17-32-27(35)25(20-23-7-5-4-6-8-23)30-28(36)29(32)15-18-31(19-16-29)21-24-11-9-22(10-12-24)13-14-26(33)34/h9-12,23,25H,2-8,15-21H2,1H3,(H,30,36)(H,33,34)/t25-/m0/s1. The van der Waals surface area contributed by atoms with Crippen molar-refractivity contribution in [1.82, 2.24) is 15.1 Å². The maximum Gasteiger partial charge on any atom is 0.382 e. The Hall–Kier alpha value is -2.85. The van der Waals surface area contributed by atoms with Crippen molar-refractivity contribution in [2.75, 3.05) is 19.6 Å². The van der Waals surface area contributed by atoms with E-state index in [1.54, 1.807) is 0 Å². The molecule has 1 aromatic carbocycles. The third-order valence-electron chi connectivity index (χ3n) is 8.19. The van der Waals surface area contributed by atoms with Gasteiger partial charge in [-0.05, 0) is 49.3 Å². The zero-order valence-corrected chi connectivity index (χ0v) is 21.4. The largest absolute Gasteiger partial charge is 0.472 e. The number of benzene rings is 1. The second kappa shape index (κ2) is 11.9. The smallest absolute Gasteiger partial charge is 0.382 e. The highest BCUT2D eigenvalue weighted by atomic mass is 16.4. The van der Waals surface area contributed by atoms with Gasteiger partial charge in [0.15, 0.2) is 0 Å². The quantitative estimate of drug-likeness (QED) is 0.567. The van der Waals surface area contributed by atoms with Crippen molar-refractivity contribution in [2.45, 2.75) is 89.3 Å². The Kier molecular flexibility index (Phi) is 8.68. The Morgan fingerprint density at radius 3 is 2.44 bits per heavy atom. The second-order valence-electron chi connectivity index (χ2n) is 10.7. The van der Waals surface area contributed by atoms with Gasteiger partial charge in [-0.15, -0.1) is 0 Å². The van der Waals surface area contributed by atoms with Crippen LogP contribution in [0.15, 0.2) is 24.3 Å². The predicted octanol–water partition coefficient (Wildman–Crippen LogP) is 3.55. The van der Waals surface area contributed by atoms with E-state index >= 15 is 0 Å². The van der Waals surface area contributed by atoms with E-state index in [0.717, 1.165) is 44.5 Å². The number of carboxylic acid groups (broad SMARTS) is 1. The Morgan fingerprint density at radius 2 is 1.81 bits per heavy atom. The molecule has 2 heterocycles. The highest BCUT2D eigenvalue weighted by Crippen LogP contribution is 2.36. The second-order valence-corrected chi connectivity index (χ2v) is 10.7. The van der Waals surface area contributed by atoms with Gasteiger partial charge in [0.05, 0.1) is 0 Å². The number of piperidine rings is 1. The van der Waals surface area contributed by atoms with E-state index < -0.39 is 11.5 Å². The number of rotatable bonds is 7. The van der Waals surface area contributed by atoms with Gasteiger partial charge in [0, 0.05) is 37.7 Å². The number of carbonyl (C=O) groups is 3. The topological polar surface area (TPSA) is 90.0 Å². The van der Waals surface area contributed by atoms with E-state index in [9.17, 15) is 14.4 Å². The number of carbonyl (C=O) groups excluding carboxylic acids is 2. The van der Waals surface area contributed by atoms with Gasteiger partial charge in [0.2, 0.25) is 11.8 Å². The molecule has 7 nitrogen and oxygen atoms in total. The third-order valence-corrected chi connectivity index (χ3v) is 8.19. The molecule has 0 unspecified atom stereocenters. The number of carboxylic acids is 1. The van der Waals surface area contributed by atoms with Crippen LogP contribution in [0.1, 0.15) is 82.3 Å². The van der Waals surface area contributed by atoms with Crippen LogP contribution in [0.2, 0.25) is 0 Å². The third kappa shape index (κ3) is 6.10. The summed E-state index contributed by atoms with van der Waals surface area (Å²) in [5.74, 6) is 4.33. The molecule has 2 aliphatic heterocycles. The molecule has 1 aliphatic carbocycles. The first-order chi connectivity index (χ1) is 17.4. The molecular weight excluding hydrogens is 454 g/mol. The number of hydrogen-bond acceptors (Lipinski definition) is 4. The number of aliphatic carboxylic acids is 1. The normalized spacial score (nSPS) is 22.7. The van der Waals surface area contributed by atoms with E-state index in [4.69, 9.17) is 5.11 Å². The first-order valence-electron chi connectivity index (χ1n) is 13.6. The molecule has 1 aromatic rings. The fourth-order valence-electron chi connectivity index (χ4n) is 6.09. The van der Waals surface area contributed by atoms with Gasteiger partial charge in [0.1, 0.15) is 11.6 Å². The van der Waals surface area contributed by atoms with Crippen LogP contribution in [0, 0.1) is 17.8 Å². The van der Waals surface area contributed by atoms with Crippen LogP contribution in [0.3, 0.4) is 0 Å². The van der Waals surface area contributed by atoms with Crippen LogP contribution in [-0.2, 0) is 20.9 Å². The molecule has 0 aromatic heterocycles. The minimum Gasteiger partial charge on any atom is -0.472 e. The molecule has 4 rings (SSSR count). The number of likely N-dealkylation sites (tertiary alicyclic amines) is 1. The first kappa shape index (κ1) is 26.2. The zero-order valence-electron chi connectivity index (χ0n) is 21.4. The van der Waals surface area contributed by atoms with Gasteiger partial charge >= 0.3 is 5.97 Å². The molecule has 36 heavy (non-hydrogen) atoms. The Bertz CT molecular complexity index is 996. The molecule has 2 saturated heterocycles. The maximum absolute atomic E-state index is 13.7. The van der Waals surface area contributed by atoms with Crippen molar-refractivity contribution in [3.63, 3.8) is 0 Å². The lowest BCUT2D eigenvalue weighted by molar-refractivity contribution is -0.162. The zero-order chi connectivity index (χ0) is 25.5. The monoisotopic (exact) mass is 493 g/mol. The van der Waals surface area contributed by atoms with Crippen molar-refractivity contribution < 1.29 is 19.5 Å². The van der Waals surface area contributed by atoms with Gasteiger partial charge in [-0.1, -0.05) is 63.5 Å². The van der Waals surface area contributed by atoms with E-state index in [1.165, 1.54) is 32.1 Å². The fourth-order valence-corrected chi connectivity index (χ4v) is 6.09. The van der Waals surface area contributed by atoms with Crippen molar-refractivity contribution in [3.05, 3.63) is 35.4 Å². The molecule has 194 valence electrons. The van der Waals surface area contributed by atoms with Gasteiger partial charge in [-0.25, -0.2) is 4.79 Å². The maximum atomic E-state index is 13.7. The minimum absolute atomic E-state index is 0.0417. The molecule has 2 N–H and O–H groups in total. The molecule has 1 atom stereocenters. The molecule has 3 fully saturated rings. The minimum atomic E-state index is -1.14. The van der Waals surface area contributed by atoms with Crippen LogP contribution < -0.4 is 5.32 Å². The lowest BCUT2D eigenvalue weighted by Crippen LogP contribution is -2.73. The van der Waals surface area contributed by atoms with E-state index in [-0.39, 0.29) is 17.9 Å². The van der Waals surface area contributed by atoms with Crippen molar-refractivity contribution in [3.8, 4) is 11.8 Å². The average molecular weight is 494 g/mol. The van der Waals surface area contributed by atoms with E-state index in [1.807, 2.05) is 29.2 Å². The van der Waals surface area contributed by atoms with Crippen LogP contribution in [0.5, 0.6) is 0 Å². The molecule has 0 radical (unpaired) electrons. The average Bonchev–Trinajstić information content (AvgIpc) is 2.88. The Morgan fingerprint density at radius 1 is 1.11 bits per heavy atom. The van der Waals surface area contributed by atoms with Crippen molar-refractivity contribution in [1.29, 1.82) is 0 Å². The lowest BCUT2D eigenvalue weighted by atomic mass is 9.79. The van der Waals surface area contributed by atoms with Gasteiger partial charge in [-0.3, -0.25) is 14.5 Å². The summed E-state index contributed by atoms with van der Waals surface area (Å²) in [6.07, 6.45) is 10.1. The number of hydrogen-bond donors (Lipinski definition) is 2. The summed E-state index contributed by atoms with van der Waals surface area (Å²) in [5, 5.41) is 11.9. The first-order valence-corrected chi connectivity index (χ1v) is 13.6. The van der Waals surface area contributed by atoms with Gasteiger partial charge < -0.3 is 15.3 Å². The molecule has 3 aliphatic rings. The van der Waals surface area contributed by atoms with E-state index in [2.05, 4.69) is 29.0 Å². The summed E-state index contributed by atoms with van der Waals surface area (Å²) in [6.45, 7) is 5.02. The molecule has 1 saturated carbocycles. The van der Waals surface area contributed by atoms with Gasteiger partial charge in [-0.2, -0.15) is 0 Å². The molecule has 0 bridgehead atoms. The Labute approximate surface area is 214 Å². The summed E-state index contributed by atoms with van der Waals surface area (Å²) < 4.78 is 0. The van der Waals surface area contributed by atoms with Crippen LogP contribution in [0.25, 0.3) is 0 Å². The highest BCUT2D eigenvalue weighted by molar-refractivity contribution is 6.00. The summed E-state index contributed by atoms with van der Waals surface area (Å²) >= 11 is 0. The Balaban J connectivity index is 1.40. The number of amides is 2. The lowest BCUT2D eigenvalue weighted by Gasteiger charge is -2.52. The van der Waals surface area contributed by atoms with Gasteiger partial charge in [0.25, 0.3) is 0 Å². The van der Waals surface area contributed by atoms with Crippen LogP contribution in [0.4, 0.5) is 0 Å². The van der Waals surface area contributed by atoms with Crippen LogP contribution in [-0.4, -0.2) is 63.9 Å².